The second kappa shape index (κ2) is 8.45. The molecule has 2 N–H and O–H groups in total. The minimum atomic E-state index is -1.12. The number of anilines is 1. The summed E-state index contributed by atoms with van der Waals surface area (Å²) < 4.78 is 12.3. The van der Waals surface area contributed by atoms with E-state index in [1.165, 1.54) is 4.90 Å². The van der Waals surface area contributed by atoms with E-state index in [-0.39, 0.29) is 19.2 Å². The van der Waals surface area contributed by atoms with E-state index in [9.17, 15) is 9.00 Å². The Balaban J connectivity index is 2.02. The summed E-state index contributed by atoms with van der Waals surface area (Å²) >= 11 is 0. The lowest BCUT2D eigenvalue weighted by atomic mass is 10.2. The quantitative estimate of drug-likeness (QED) is 0.854. The maximum Gasteiger partial charge on any atom is 0.321 e. The molecule has 0 saturated heterocycles. The molecule has 122 valence electrons. The van der Waals surface area contributed by atoms with E-state index < -0.39 is 10.8 Å². The molecule has 2 aromatic carbocycles. The van der Waals surface area contributed by atoms with Crippen LogP contribution in [0.1, 0.15) is 5.56 Å². The van der Waals surface area contributed by atoms with Crippen LogP contribution in [0.3, 0.4) is 0 Å². The molecule has 0 spiro atoms. The number of aliphatic hydroxyl groups is 1. The van der Waals surface area contributed by atoms with Gasteiger partial charge in [-0.2, -0.15) is 0 Å². The third kappa shape index (κ3) is 5.19. The first-order valence-electron chi connectivity index (χ1n) is 7.25. The van der Waals surface area contributed by atoms with Crippen molar-refractivity contribution in [1.29, 1.82) is 0 Å². The van der Waals surface area contributed by atoms with Crippen LogP contribution >= 0.6 is 0 Å². The van der Waals surface area contributed by atoms with E-state index in [1.807, 2.05) is 48.5 Å². The number of carbonyl (C=O) groups excluding carboxylic acids is 1. The molecule has 0 aliphatic carbocycles. The van der Waals surface area contributed by atoms with Gasteiger partial charge in [0.05, 0.1) is 23.2 Å². The molecule has 0 saturated carbocycles. The number of amides is 2. The van der Waals surface area contributed by atoms with Gasteiger partial charge in [-0.3, -0.25) is 4.21 Å². The minimum absolute atomic E-state index is 0.0833. The van der Waals surface area contributed by atoms with E-state index in [0.717, 1.165) is 10.5 Å². The van der Waals surface area contributed by atoms with E-state index >= 15 is 0 Å². The van der Waals surface area contributed by atoms with E-state index in [4.69, 9.17) is 5.11 Å². The normalized spacial score (nSPS) is 11.7. The first-order valence-corrected chi connectivity index (χ1v) is 8.57. The standard InChI is InChI=1S/C17H20N2O3S/c1-19(10-11-20)17(21)18-15-7-5-6-14(12-15)13-23(22)16-8-3-2-4-9-16/h2-9,12,20H,10-11,13H2,1H3,(H,18,21). The van der Waals surface area contributed by atoms with Crippen molar-refractivity contribution >= 4 is 22.5 Å². The number of hydrogen-bond acceptors (Lipinski definition) is 3. The largest absolute Gasteiger partial charge is 0.395 e. The zero-order valence-corrected chi connectivity index (χ0v) is 13.8. The SMILES string of the molecule is CN(CCO)C(=O)Nc1cccc(CS(=O)c2ccccc2)c1. The van der Waals surface area contributed by atoms with Crippen molar-refractivity contribution in [2.75, 3.05) is 25.5 Å². The van der Waals surface area contributed by atoms with Crippen LogP contribution in [0.5, 0.6) is 0 Å². The van der Waals surface area contributed by atoms with Crippen molar-refractivity contribution in [2.24, 2.45) is 0 Å². The fourth-order valence-electron chi connectivity index (χ4n) is 2.02. The molecule has 0 aromatic heterocycles. The fourth-order valence-corrected chi connectivity index (χ4v) is 3.13. The van der Waals surface area contributed by atoms with Crippen molar-refractivity contribution in [3.05, 3.63) is 60.2 Å². The number of hydrogen-bond donors (Lipinski definition) is 2. The third-order valence-corrected chi connectivity index (χ3v) is 4.66. The minimum Gasteiger partial charge on any atom is -0.395 e. The highest BCUT2D eigenvalue weighted by atomic mass is 32.2. The molecule has 0 bridgehead atoms. The van der Waals surface area contributed by atoms with Crippen LogP contribution < -0.4 is 5.32 Å². The summed E-state index contributed by atoms with van der Waals surface area (Å²) in [7, 11) is 0.488. The van der Waals surface area contributed by atoms with Gasteiger partial charge in [0.1, 0.15) is 0 Å². The summed E-state index contributed by atoms with van der Waals surface area (Å²) in [5.74, 6) is 0.389. The maximum atomic E-state index is 12.3. The van der Waals surface area contributed by atoms with Crippen molar-refractivity contribution < 1.29 is 14.1 Å². The van der Waals surface area contributed by atoms with Crippen LogP contribution in [0.15, 0.2) is 59.5 Å². The van der Waals surface area contributed by atoms with E-state index in [2.05, 4.69) is 5.32 Å². The maximum absolute atomic E-state index is 12.3. The first kappa shape index (κ1) is 17.2. The number of rotatable bonds is 6. The number of nitrogens with zero attached hydrogens (tertiary/aromatic N) is 1. The lowest BCUT2D eigenvalue weighted by molar-refractivity contribution is 0.202. The van der Waals surface area contributed by atoms with Gasteiger partial charge in [-0.1, -0.05) is 30.3 Å². The second-order valence-electron chi connectivity index (χ2n) is 5.08. The summed E-state index contributed by atoms with van der Waals surface area (Å²) in [6.45, 7) is 0.184. The van der Waals surface area contributed by atoms with E-state index in [1.54, 1.807) is 13.1 Å². The summed E-state index contributed by atoms with van der Waals surface area (Å²) in [6, 6.07) is 16.3. The molecule has 0 aliphatic rings. The lowest BCUT2D eigenvalue weighted by Crippen LogP contribution is -2.33. The molecule has 0 fully saturated rings. The molecule has 1 atom stereocenters. The summed E-state index contributed by atoms with van der Waals surface area (Å²) in [5, 5.41) is 11.6. The Bertz CT molecular complexity index is 677. The summed E-state index contributed by atoms with van der Waals surface area (Å²) in [5.41, 5.74) is 1.53. The van der Waals surface area contributed by atoms with Gasteiger partial charge < -0.3 is 15.3 Å². The monoisotopic (exact) mass is 332 g/mol. The molecule has 2 amide bonds. The number of aliphatic hydroxyl groups excluding tert-OH is 1. The Hall–Kier alpha value is -2.18. The molecule has 1 unspecified atom stereocenters. The lowest BCUT2D eigenvalue weighted by Gasteiger charge is -2.16. The average molecular weight is 332 g/mol. The molecular formula is C17H20N2O3S. The van der Waals surface area contributed by atoms with Crippen molar-refractivity contribution in [2.45, 2.75) is 10.6 Å². The molecule has 6 heteroatoms. The van der Waals surface area contributed by atoms with Crippen LogP contribution in [0, 0.1) is 0 Å². The van der Waals surface area contributed by atoms with Crippen LogP contribution in [0.25, 0.3) is 0 Å². The highest BCUT2D eigenvalue weighted by molar-refractivity contribution is 7.84. The fraction of sp³-hybridized carbons (Fsp3) is 0.235. The second-order valence-corrected chi connectivity index (χ2v) is 6.53. The Morgan fingerprint density at radius 2 is 1.91 bits per heavy atom. The molecular weight excluding hydrogens is 312 g/mol. The Kier molecular flexibility index (Phi) is 6.31. The van der Waals surface area contributed by atoms with Crippen LogP contribution in [-0.4, -0.2) is 40.4 Å². The smallest absolute Gasteiger partial charge is 0.321 e. The van der Waals surface area contributed by atoms with Gasteiger partial charge in [0.15, 0.2) is 0 Å². The number of urea groups is 1. The Morgan fingerprint density at radius 1 is 1.17 bits per heavy atom. The van der Waals surface area contributed by atoms with Crippen molar-refractivity contribution in [1.82, 2.24) is 4.90 Å². The Labute approximate surface area is 138 Å². The highest BCUT2D eigenvalue weighted by Crippen LogP contribution is 2.16. The zero-order valence-electron chi connectivity index (χ0n) is 12.9. The summed E-state index contributed by atoms with van der Waals surface area (Å²) in [6.07, 6.45) is 0. The molecule has 5 nitrogen and oxygen atoms in total. The summed E-state index contributed by atoms with van der Waals surface area (Å²) in [4.78, 5) is 14.1. The third-order valence-electron chi connectivity index (χ3n) is 3.26. The van der Waals surface area contributed by atoms with Crippen LogP contribution in [0.2, 0.25) is 0 Å². The van der Waals surface area contributed by atoms with Gasteiger partial charge in [0, 0.05) is 24.2 Å². The molecule has 2 aromatic rings. The van der Waals surface area contributed by atoms with Crippen LogP contribution in [-0.2, 0) is 16.6 Å². The van der Waals surface area contributed by atoms with E-state index in [0.29, 0.717) is 11.4 Å². The van der Waals surface area contributed by atoms with Crippen molar-refractivity contribution in [3.8, 4) is 0 Å². The van der Waals surface area contributed by atoms with Gasteiger partial charge in [0.25, 0.3) is 0 Å². The molecule has 0 heterocycles. The predicted molar refractivity (Wildman–Crippen MR) is 91.7 cm³/mol. The molecule has 0 radical (unpaired) electrons. The van der Waals surface area contributed by atoms with Crippen molar-refractivity contribution in [3.63, 3.8) is 0 Å². The van der Waals surface area contributed by atoms with Gasteiger partial charge in [-0.05, 0) is 29.8 Å². The number of benzene rings is 2. The highest BCUT2D eigenvalue weighted by Gasteiger charge is 2.09. The molecule has 0 aliphatic heterocycles. The molecule has 2 rings (SSSR count). The van der Waals surface area contributed by atoms with Crippen LogP contribution in [0.4, 0.5) is 10.5 Å². The van der Waals surface area contributed by atoms with Gasteiger partial charge in [0.2, 0.25) is 0 Å². The molecule has 23 heavy (non-hydrogen) atoms. The van der Waals surface area contributed by atoms with Gasteiger partial charge in [-0.15, -0.1) is 0 Å². The number of likely N-dealkylation sites (N-methyl/N-ethyl adjacent to an activating group) is 1. The van der Waals surface area contributed by atoms with Gasteiger partial charge in [-0.25, -0.2) is 4.79 Å². The number of carbonyl (C=O) groups is 1. The average Bonchev–Trinajstić information content (AvgIpc) is 2.56. The number of nitrogens with one attached hydrogen (secondary N) is 1. The zero-order chi connectivity index (χ0) is 16.7. The topological polar surface area (TPSA) is 69.6 Å². The first-order chi connectivity index (χ1) is 11.1. The van der Waals surface area contributed by atoms with Gasteiger partial charge >= 0.3 is 6.03 Å². The predicted octanol–water partition coefficient (Wildman–Crippen LogP) is 2.45. The Morgan fingerprint density at radius 3 is 2.61 bits per heavy atom.